The van der Waals surface area contributed by atoms with E-state index in [9.17, 15) is 24.3 Å². The van der Waals surface area contributed by atoms with Crippen LogP contribution in [-0.4, -0.2) is 44.4 Å². The molecule has 1 unspecified atom stereocenters. The van der Waals surface area contributed by atoms with E-state index in [0.717, 1.165) is 12.8 Å². The van der Waals surface area contributed by atoms with Gasteiger partial charge in [-0.05, 0) is 55.4 Å². The van der Waals surface area contributed by atoms with Crippen molar-refractivity contribution in [1.29, 1.82) is 5.26 Å². The van der Waals surface area contributed by atoms with Crippen molar-refractivity contribution in [2.24, 2.45) is 17.1 Å². The first kappa shape index (κ1) is 21.6. The number of anilines is 2. The highest BCUT2D eigenvalue weighted by Crippen LogP contribution is 2.52. The van der Waals surface area contributed by atoms with Crippen LogP contribution in [0.2, 0.25) is 0 Å². The number of piperidine rings is 1. The number of carbonyl (C=O) groups is 2. The van der Waals surface area contributed by atoms with Crippen LogP contribution >= 0.6 is 0 Å². The third-order valence-electron chi connectivity index (χ3n) is 6.54. The Kier molecular flexibility index (Phi) is 5.50. The third-order valence-corrected chi connectivity index (χ3v) is 6.54. The zero-order chi connectivity index (χ0) is 23.0. The molecule has 1 aliphatic carbocycles. The third kappa shape index (κ3) is 4.23. The highest BCUT2D eigenvalue weighted by Gasteiger charge is 2.48. The van der Waals surface area contributed by atoms with Gasteiger partial charge in [0, 0.05) is 18.4 Å². The van der Waals surface area contributed by atoms with Crippen LogP contribution in [0.5, 0.6) is 0 Å². The highest BCUT2D eigenvalue weighted by molar-refractivity contribution is 5.98. The molecule has 168 valence electrons. The Morgan fingerprint density at radius 1 is 1.38 bits per heavy atom. The molecule has 1 aliphatic heterocycles. The molecule has 0 spiro atoms. The van der Waals surface area contributed by atoms with Gasteiger partial charge in [0.25, 0.3) is 5.91 Å². The van der Waals surface area contributed by atoms with Gasteiger partial charge in [0.2, 0.25) is 0 Å². The number of nitriles is 1. The minimum absolute atomic E-state index is 0.0488. The molecule has 0 radical (unpaired) electrons. The second kappa shape index (κ2) is 8.15. The van der Waals surface area contributed by atoms with Crippen LogP contribution < -0.4 is 11.1 Å². The molecule has 4 N–H and O–H groups in total. The summed E-state index contributed by atoms with van der Waals surface area (Å²) in [5.41, 5.74) is 6.25. The number of benzene rings is 1. The van der Waals surface area contributed by atoms with Gasteiger partial charge in [-0.15, -0.1) is 0 Å². The Morgan fingerprint density at radius 3 is 2.62 bits per heavy atom. The Labute approximate surface area is 184 Å². The lowest BCUT2D eigenvalue weighted by Gasteiger charge is -2.42. The summed E-state index contributed by atoms with van der Waals surface area (Å²) < 4.78 is 14.8. The number of nitrogens with one attached hydrogen (secondary N) is 1. The van der Waals surface area contributed by atoms with Gasteiger partial charge in [-0.2, -0.15) is 10.4 Å². The quantitative estimate of drug-likeness (QED) is 0.629. The SMILES string of the molecule is CC1(CC2[C@H](C#N)[C@@H](n3cc(C(N)=O)c(Nc4ccc(F)cc4)n3)CCN2C(=O)O)CC1. The van der Waals surface area contributed by atoms with Crippen LogP contribution in [0.3, 0.4) is 0 Å². The topological polar surface area (TPSA) is 137 Å². The summed E-state index contributed by atoms with van der Waals surface area (Å²) >= 11 is 0. The molecule has 2 fully saturated rings. The smallest absolute Gasteiger partial charge is 0.407 e. The monoisotopic (exact) mass is 440 g/mol. The predicted molar refractivity (Wildman–Crippen MR) is 114 cm³/mol. The number of carboxylic acid groups (broad SMARTS) is 1. The van der Waals surface area contributed by atoms with E-state index in [1.165, 1.54) is 35.4 Å². The number of nitrogens with zero attached hydrogens (tertiary/aromatic N) is 4. The number of nitrogens with two attached hydrogens (primary N) is 1. The van der Waals surface area contributed by atoms with E-state index < -0.39 is 35.8 Å². The molecule has 1 saturated carbocycles. The number of likely N-dealkylation sites (tertiary alicyclic amines) is 1. The molecule has 32 heavy (non-hydrogen) atoms. The van der Waals surface area contributed by atoms with E-state index in [4.69, 9.17) is 5.73 Å². The maximum atomic E-state index is 13.2. The number of carbonyl (C=O) groups excluding carboxylic acids is 1. The normalized spacial score (nSPS) is 23.9. The Bertz CT molecular complexity index is 1070. The highest BCUT2D eigenvalue weighted by atomic mass is 19.1. The standard InChI is InChI=1S/C22H25FN6O3/c1-22(7-8-22)10-18-15(11-24)17(6-9-28(18)21(31)32)29-12-16(19(25)30)20(27-29)26-14-4-2-13(23)3-5-14/h2-5,12,15,17-18H,6-10H2,1H3,(H2,25,30)(H,26,27)(H,31,32)/t15-,17+,18?/m1/s1. The van der Waals surface area contributed by atoms with Crippen LogP contribution in [0.15, 0.2) is 30.5 Å². The second-order valence-corrected chi connectivity index (χ2v) is 8.94. The fraction of sp³-hybridized carbons (Fsp3) is 0.455. The lowest BCUT2D eigenvalue weighted by Crippen LogP contribution is -2.52. The summed E-state index contributed by atoms with van der Waals surface area (Å²) in [6.07, 6.45) is 3.48. The average molecular weight is 440 g/mol. The van der Waals surface area contributed by atoms with Crippen molar-refractivity contribution in [3.8, 4) is 6.07 Å². The Morgan fingerprint density at radius 2 is 2.06 bits per heavy atom. The molecular formula is C22H25FN6O3. The summed E-state index contributed by atoms with van der Waals surface area (Å²) in [6.45, 7) is 2.38. The first-order chi connectivity index (χ1) is 15.2. The largest absolute Gasteiger partial charge is 0.465 e. The molecule has 1 aromatic heterocycles. The predicted octanol–water partition coefficient (Wildman–Crippen LogP) is 3.49. The Hall–Kier alpha value is -3.61. The summed E-state index contributed by atoms with van der Waals surface area (Å²) in [5, 5.41) is 27.2. The van der Waals surface area contributed by atoms with Gasteiger partial charge in [0.05, 0.1) is 24.1 Å². The number of primary amides is 1. The lowest BCUT2D eigenvalue weighted by molar-refractivity contribution is 0.0547. The summed E-state index contributed by atoms with van der Waals surface area (Å²) in [4.78, 5) is 25.2. The molecule has 2 aromatic rings. The molecule has 3 atom stereocenters. The lowest BCUT2D eigenvalue weighted by atomic mass is 9.80. The zero-order valence-corrected chi connectivity index (χ0v) is 17.7. The van der Waals surface area contributed by atoms with Gasteiger partial charge in [0.15, 0.2) is 5.82 Å². The van der Waals surface area contributed by atoms with Crippen LogP contribution in [0.1, 0.15) is 49.0 Å². The molecule has 9 nitrogen and oxygen atoms in total. The van der Waals surface area contributed by atoms with Crippen molar-refractivity contribution in [3.05, 3.63) is 41.8 Å². The maximum Gasteiger partial charge on any atom is 0.407 e. The van der Waals surface area contributed by atoms with Crippen LogP contribution in [-0.2, 0) is 0 Å². The fourth-order valence-electron chi connectivity index (χ4n) is 4.44. The first-order valence-corrected chi connectivity index (χ1v) is 10.5. The van der Waals surface area contributed by atoms with Crippen molar-refractivity contribution in [2.45, 2.75) is 44.7 Å². The second-order valence-electron chi connectivity index (χ2n) is 8.94. The van der Waals surface area contributed by atoms with E-state index >= 15 is 0 Å². The minimum atomic E-state index is -1.03. The first-order valence-electron chi connectivity index (χ1n) is 10.5. The van der Waals surface area contributed by atoms with E-state index in [-0.39, 0.29) is 23.3 Å². The molecule has 2 aliphatic rings. The van der Waals surface area contributed by atoms with E-state index in [0.29, 0.717) is 18.5 Å². The molecule has 4 rings (SSSR count). The van der Waals surface area contributed by atoms with E-state index in [1.807, 2.05) is 0 Å². The summed E-state index contributed by atoms with van der Waals surface area (Å²) in [7, 11) is 0. The van der Waals surface area contributed by atoms with Crippen molar-refractivity contribution in [2.75, 3.05) is 11.9 Å². The number of hydrogen-bond acceptors (Lipinski definition) is 5. The van der Waals surface area contributed by atoms with Crippen LogP contribution in [0.4, 0.5) is 20.7 Å². The molecular weight excluding hydrogens is 415 g/mol. The van der Waals surface area contributed by atoms with Crippen molar-refractivity contribution in [1.82, 2.24) is 14.7 Å². The molecule has 1 saturated heterocycles. The van der Waals surface area contributed by atoms with E-state index in [1.54, 1.807) is 4.68 Å². The van der Waals surface area contributed by atoms with Gasteiger partial charge in [0.1, 0.15) is 11.4 Å². The summed E-state index contributed by atoms with van der Waals surface area (Å²) in [6, 6.07) is 7.01. The van der Waals surface area contributed by atoms with Crippen molar-refractivity contribution < 1.29 is 19.1 Å². The number of halogens is 1. The molecule has 1 aromatic carbocycles. The van der Waals surface area contributed by atoms with Crippen molar-refractivity contribution >= 4 is 23.5 Å². The molecule has 10 heteroatoms. The average Bonchev–Trinajstić information content (AvgIpc) is 3.32. The number of aromatic nitrogens is 2. The van der Waals surface area contributed by atoms with Gasteiger partial charge in [-0.3, -0.25) is 9.48 Å². The molecule has 0 bridgehead atoms. The fourth-order valence-corrected chi connectivity index (χ4v) is 4.44. The minimum Gasteiger partial charge on any atom is -0.465 e. The van der Waals surface area contributed by atoms with Crippen molar-refractivity contribution in [3.63, 3.8) is 0 Å². The molecule has 2 heterocycles. The van der Waals surface area contributed by atoms with Gasteiger partial charge >= 0.3 is 6.09 Å². The number of hydrogen-bond donors (Lipinski definition) is 3. The number of rotatable bonds is 6. The Balaban J connectivity index is 1.65. The molecule has 2 amide bonds. The van der Waals surface area contributed by atoms with Gasteiger partial charge in [-0.25, -0.2) is 9.18 Å². The van der Waals surface area contributed by atoms with Crippen LogP contribution in [0.25, 0.3) is 0 Å². The van der Waals surface area contributed by atoms with Gasteiger partial charge < -0.3 is 21.1 Å². The zero-order valence-electron chi connectivity index (χ0n) is 17.7. The van der Waals surface area contributed by atoms with E-state index in [2.05, 4.69) is 23.4 Å². The van der Waals surface area contributed by atoms with Gasteiger partial charge in [-0.1, -0.05) is 6.92 Å². The number of amides is 2. The maximum absolute atomic E-state index is 13.2. The van der Waals surface area contributed by atoms with Crippen LogP contribution in [0, 0.1) is 28.5 Å². The summed E-state index contributed by atoms with van der Waals surface area (Å²) in [5.74, 6) is -1.52.